The zero-order chi connectivity index (χ0) is 15.6. The summed E-state index contributed by atoms with van der Waals surface area (Å²) in [6.07, 6.45) is 2.97. The lowest BCUT2D eigenvalue weighted by Crippen LogP contribution is -2.00. The van der Waals surface area contributed by atoms with Gasteiger partial charge in [-0.15, -0.1) is 0 Å². The van der Waals surface area contributed by atoms with Crippen LogP contribution in [0.2, 0.25) is 5.02 Å². The predicted octanol–water partition coefficient (Wildman–Crippen LogP) is 3.66. The van der Waals surface area contributed by atoms with Gasteiger partial charge >= 0.3 is 0 Å². The SMILES string of the molecule is Cc1nc(C)c(/C=C/C(=O)c2ccc(Cl)cc2O)nc1C. The van der Waals surface area contributed by atoms with Gasteiger partial charge in [0.2, 0.25) is 0 Å². The molecule has 0 amide bonds. The monoisotopic (exact) mass is 302 g/mol. The average molecular weight is 303 g/mol. The molecule has 0 aliphatic carbocycles. The van der Waals surface area contributed by atoms with Crippen LogP contribution in [0.5, 0.6) is 5.75 Å². The van der Waals surface area contributed by atoms with Crippen LogP contribution in [0.3, 0.4) is 0 Å². The van der Waals surface area contributed by atoms with Crippen LogP contribution in [0.15, 0.2) is 24.3 Å². The van der Waals surface area contributed by atoms with E-state index < -0.39 is 0 Å². The Labute approximate surface area is 128 Å². The summed E-state index contributed by atoms with van der Waals surface area (Å²) in [4.78, 5) is 20.8. The van der Waals surface area contributed by atoms with Crippen LogP contribution in [0.1, 0.15) is 33.1 Å². The Morgan fingerprint density at radius 2 is 1.81 bits per heavy atom. The zero-order valence-corrected chi connectivity index (χ0v) is 12.8. The zero-order valence-electron chi connectivity index (χ0n) is 12.0. The van der Waals surface area contributed by atoms with Crippen LogP contribution < -0.4 is 0 Å². The molecule has 0 aliphatic rings. The first-order valence-electron chi connectivity index (χ1n) is 6.41. The number of aromatic hydroxyl groups is 1. The lowest BCUT2D eigenvalue weighted by Gasteiger charge is -2.04. The van der Waals surface area contributed by atoms with Gasteiger partial charge in [0.1, 0.15) is 5.75 Å². The van der Waals surface area contributed by atoms with Gasteiger partial charge < -0.3 is 5.11 Å². The van der Waals surface area contributed by atoms with Crippen molar-refractivity contribution >= 4 is 23.5 Å². The number of hydrogen-bond acceptors (Lipinski definition) is 4. The molecule has 0 saturated carbocycles. The number of ketones is 1. The minimum Gasteiger partial charge on any atom is -0.507 e. The Morgan fingerprint density at radius 3 is 2.48 bits per heavy atom. The van der Waals surface area contributed by atoms with Crippen molar-refractivity contribution in [2.75, 3.05) is 0 Å². The number of aryl methyl sites for hydroxylation is 3. The highest BCUT2D eigenvalue weighted by Crippen LogP contribution is 2.22. The molecule has 2 aromatic rings. The predicted molar refractivity (Wildman–Crippen MR) is 82.7 cm³/mol. The van der Waals surface area contributed by atoms with Crippen molar-refractivity contribution in [3.05, 3.63) is 57.6 Å². The second-order valence-electron chi connectivity index (χ2n) is 4.72. The van der Waals surface area contributed by atoms with Crippen LogP contribution in [-0.4, -0.2) is 20.9 Å². The van der Waals surface area contributed by atoms with E-state index in [1.165, 1.54) is 18.2 Å². The van der Waals surface area contributed by atoms with Crippen molar-refractivity contribution in [2.24, 2.45) is 0 Å². The first kappa shape index (κ1) is 15.2. The molecule has 0 radical (unpaired) electrons. The highest BCUT2D eigenvalue weighted by Gasteiger charge is 2.09. The van der Waals surface area contributed by atoms with Gasteiger partial charge in [0.25, 0.3) is 0 Å². The molecular formula is C16H15ClN2O2. The van der Waals surface area contributed by atoms with Gasteiger partial charge in [-0.3, -0.25) is 9.78 Å². The van der Waals surface area contributed by atoms with Gasteiger partial charge in [-0.05, 0) is 51.1 Å². The second-order valence-corrected chi connectivity index (χ2v) is 5.16. The number of nitrogens with zero attached hydrogens (tertiary/aromatic N) is 2. The van der Waals surface area contributed by atoms with Crippen molar-refractivity contribution in [1.29, 1.82) is 0 Å². The number of phenols is 1. The van der Waals surface area contributed by atoms with E-state index in [-0.39, 0.29) is 17.1 Å². The summed E-state index contributed by atoms with van der Waals surface area (Å²) in [6.45, 7) is 5.59. The summed E-state index contributed by atoms with van der Waals surface area (Å²) in [7, 11) is 0. The van der Waals surface area contributed by atoms with Gasteiger partial charge in [-0.25, -0.2) is 4.98 Å². The molecule has 21 heavy (non-hydrogen) atoms. The molecule has 1 aromatic carbocycles. The molecule has 1 heterocycles. The van der Waals surface area contributed by atoms with E-state index >= 15 is 0 Å². The standard InChI is InChI=1S/C16H15ClN2O2/c1-9-10(2)19-14(11(3)18-9)6-7-15(20)13-5-4-12(17)8-16(13)21/h4-8,21H,1-3H3/b7-6+. The molecule has 4 nitrogen and oxygen atoms in total. The number of allylic oxidation sites excluding steroid dienone is 1. The van der Waals surface area contributed by atoms with E-state index in [2.05, 4.69) is 9.97 Å². The largest absolute Gasteiger partial charge is 0.507 e. The fourth-order valence-electron chi connectivity index (χ4n) is 1.85. The van der Waals surface area contributed by atoms with E-state index in [9.17, 15) is 9.90 Å². The quantitative estimate of drug-likeness (QED) is 0.694. The van der Waals surface area contributed by atoms with Crippen LogP contribution in [-0.2, 0) is 0 Å². The van der Waals surface area contributed by atoms with Gasteiger partial charge in [0.05, 0.1) is 28.3 Å². The molecule has 1 aromatic heterocycles. The third-order valence-electron chi connectivity index (χ3n) is 3.14. The topological polar surface area (TPSA) is 63.1 Å². The molecule has 0 unspecified atom stereocenters. The van der Waals surface area contributed by atoms with E-state index in [1.807, 2.05) is 20.8 Å². The van der Waals surface area contributed by atoms with Crippen molar-refractivity contribution in [3.8, 4) is 5.75 Å². The van der Waals surface area contributed by atoms with Gasteiger partial charge in [-0.1, -0.05) is 11.6 Å². The third kappa shape index (κ3) is 3.47. The molecular weight excluding hydrogens is 288 g/mol. The number of phenolic OH excluding ortho intramolecular Hbond substituents is 1. The van der Waals surface area contributed by atoms with Crippen LogP contribution in [0.4, 0.5) is 0 Å². The summed E-state index contributed by atoms with van der Waals surface area (Å²) >= 11 is 5.74. The third-order valence-corrected chi connectivity index (χ3v) is 3.37. The summed E-state index contributed by atoms with van der Waals surface area (Å²) in [5, 5.41) is 10.1. The Bertz CT molecular complexity index is 739. The maximum atomic E-state index is 12.1. The van der Waals surface area contributed by atoms with Crippen LogP contribution >= 0.6 is 11.6 Å². The average Bonchev–Trinajstić information content (AvgIpc) is 2.41. The fraction of sp³-hybridized carbons (Fsp3) is 0.188. The highest BCUT2D eigenvalue weighted by atomic mass is 35.5. The highest BCUT2D eigenvalue weighted by molar-refractivity contribution is 6.31. The first-order chi connectivity index (χ1) is 9.88. The van der Waals surface area contributed by atoms with Gasteiger partial charge in [-0.2, -0.15) is 0 Å². The number of aromatic nitrogens is 2. The summed E-state index contributed by atoms with van der Waals surface area (Å²) in [5.74, 6) is -0.455. The number of rotatable bonds is 3. The molecule has 0 spiro atoms. The molecule has 0 fully saturated rings. The van der Waals surface area contributed by atoms with Crippen molar-refractivity contribution in [3.63, 3.8) is 0 Å². The lowest BCUT2D eigenvalue weighted by atomic mass is 10.1. The number of carbonyl (C=O) groups is 1. The van der Waals surface area contributed by atoms with Crippen molar-refractivity contribution in [2.45, 2.75) is 20.8 Å². The molecule has 108 valence electrons. The Hall–Kier alpha value is -2.20. The minimum absolute atomic E-state index is 0.139. The number of carbonyl (C=O) groups excluding carboxylic acids is 1. The Kier molecular flexibility index (Phi) is 4.38. The summed E-state index contributed by atoms with van der Waals surface area (Å²) < 4.78 is 0. The van der Waals surface area contributed by atoms with Gasteiger partial charge in [0, 0.05) is 5.02 Å². The molecule has 2 rings (SSSR count). The number of halogens is 1. The Morgan fingerprint density at radius 1 is 1.14 bits per heavy atom. The van der Waals surface area contributed by atoms with Crippen LogP contribution in [0, 0.1) is 20.8 Å². The van der Waals surface area contributed by atoms with E-state index in [0.29, 0.717) is 10.7 Å². The minimum atomic E-state index is -0.316. The van der Waals surface area contributed by atoms with E-state index in [0.717, 1.165) is 17.1 Å². The maximum Gasteiger partial charge on any atom is 0.189 e. The normalized spacial score (nSPS) is 11.0. The molecule has 0 aliphatic heterocycles. The summed E-state index contributed by atoms with van der Waals surface area (Å²) in [5.41, 5.74) is 3.28. The molecule has 0 atom stereocenters. The number of benzene rings is 1. The maximum absolute atomic E-state index is 12.1. The lowest BCUT2D eigenvalue weighted by molar-refractivity contribution is 0.104. The van der Waals surface area contributed by atoms with Crippen molar-refractivity contribution in [1.82, 2.24) is 9.97 Å². The first-order valence-corrected chi connectivity index (χ1v) is 6.79. The number of hydrogen-bond donors (Lipinski definition) is 1. The fourth-order valence-corrected chi connectivity index (χ4v) is 2.01. The molecule has 0 saturated heterocycles. The van der Waals surface area contributed by atoms with E-state index in [4.69, 9.17) is 11.6 Å². The summed E-state index contributed by atoms with van der Waals surface area (Å²) in [6, 6.07) is 4.39. The molecule has 0 bridgehead atoms. The van der Waals surface area contributed by atoms with E-state index in [1.54, 1.807) is 12.1 Å². The van der Waals surface area contributed by atoms with Crippen LogP contribution in [0.25, 0.3) is 6.08 Å². The smallest absolute Gasteiger partial charge is 0.189 e. The second kappa shape index (κ2) is 6.06. The molecule has 1 N–H and O–H groups in total. The Balaban J connectivity index is 2.29. The van der Waals surface area contributed by atoms with Crippen molar-refractivity contribution < 1.29 is 9.90 Å². The van der Waals surface area contributed by atoms with Gasteiger partial charge in [0.15, 0.2) is 5.78 Å². The molecule has 5 heteroatoms.